The first-order valence-electron chi connectivity index (χ1n) is 6.19. The predicted molar refractivity (Wildman–Crippen MR) is 71.2 cm³/mol. The molecule has 0 amide bonds. The highest BCUT2D eigenvalue weighted by Gasteiger charge is 2.23. The lowest BCUT2D eigenvalue weighted by atomic mass is 10.1. The van der Waals surface area contributed by atoms with Crippen molar-refractivity contribution in [2.45, 2.75) is 38.6 Å². The molecule has 0 spiro atoms. The molecule has 17 heavy (non-hydrogen) atoms. The molecule has 1 saturated carbocycles. The van der Waals surface area contributed by atoms with Crippen molar-refractivity contribution in [2.75, 3.05) is 5.32 Å². The van der Waals surface area contributed by atoms with Gasteiger partial charge in [0.1, 0.15) is 0 Å². The summed E-state index contributed by atoms with van der Waals surface area (Å²) in [4.78, 5) is 0. The van der Waals surface area contributed by atoms with Crippen LogP contribution in [0.15, 0.2) is 18.2 Å². The molecule has 1 aliphatic carbocycles. The zero-order valence-electron chi connectivity index (χ0n) is 10.0. The highest BCUT2D eigenvalue weighted by Crippen LogP contribution is 2.32. The van der Waals surface area contributed by atoms with Crippen molar-refractivity contribution in [1.82, 2.24) is 0 Å². The molecule has 1 aliphatic rings. The van der Waals surface area contributed by atoms with Gasteiger partial charge in [0.15, 0.2) is 0 Å². The number of benzene rings is 1. The quantitative estimate of drug-likeness (QED) is 0.870. The Kier molecular flexibility index (Phi) is 3.91. The summed E-state index contributed by atoms with van der Waals surface area (Å²) in [5.74, 6) is 0.852. The number of hydrogen-bond donors (Lipinski definition) is 1. The van der Waals surface area contributed by atoms with E-state index in [0.717, 1.165) is 11.6 Å². The summed E-state index contributed by atoms with van der Waals surface area (Å²) in [7, 11) is 0. The number of nitriles is 1. The molecule has 2 nitrogen and oxygen atoms in total. The topological polar surface area (TPSA) is 35.8 Å². The maximum Gasteiger partial charge on any atom is 0.0992 e. The molecule has 2 atom stereocenters. The Balaban J connectivity index is 2.02. The van der Waals surface area contributed by atoms with Crippen molar-refractivity contribution in [3.05, 3.63) is 28.8 Å². The lowest BCUT2D eigenvalue weighted by Crippen LogP contribution is -2.15. The summed E-state index contributed by atoms with van der Waals surface area (Å²) >= 11 is 6.14. The molecule has 0 heterocycles. The van der Waals surface area contributed by atoms with Gasteiger partial charge in [0.05, 0.1) is 22.3 Å². The Labute approximate surface area is 108 Å². The summed E-state index contributed by atoms with van der Waals surface area (Å²) in [5, 5.41) is 12.9. The molecular formula is C14H17ClN2. The van der Waals surface area contributed by atoms with E-state index in [9.17, 15) is 0 Å². The third kappa shape index (κ3) is 2.92. The SMILES string of the molecule is CCC1CCC(Nc2ccc(C#N)cc2Cl)C1. The second kappa shape index (κ2) is 5.42. The van der Waals surface area contributed by atoms with Crippen LogP contribution in [0.3, 0.4) is 0 Å². The highest BCUT2D eigenvalue weighted by molar-refractivity contribution is 6.33. The number of anilines is 1. The Morgan fingerprint density at radius 1 is 1.47 bits per heavy atom. The number of nitrogens with one attached hydrogen (secondary N) is 1. The second-order valence-corrected chi connectivity index (χ2v) is 5.14. The van der Waals surface area contributed by atoms with Crippen molar-refractivity contribution in [1.29, 1.82) is 5.26 Å². The summed E-state index contributed by atoms with van der Waals surface area (Å²) < 4.78 is 0. The largest absolute Gasteiger partial charge is 0.381 e. The van der Waals surface area contributed by atoms with Crippen LogP contribution in [-0.4, -0.2) is 6.04 Å². The van der Waals surface area contributed by atoms with E-state index in [4.69, 9.17) is 16.9 Å². The molecule has 1 aromatic carbocycles. The van der Waals surface area contributed by atoms with Crippen LogP contribution in [0.2, 0.25) is 5.02 Å². The number of rotatable bonds is 3. The van der Waals surface area contributed by atoms with Crippen LogP contribution in [-0.2, 0) is 0 Å². The van der Waals surface area contributed by atoms with Crippen molar-refractivity contribution >= 4 is 17.3 Å². The molecule has 0 aromatic heterocycles. The molecule has 0 saturated heterocycles. The first-order valence-corrected chi connectivity index (χ1v) is 6.57. The summed E-state index contributed by atoms with van der Waals surface area (Å²) in [6.07, 6.45) is 5.02. The maximum absolute atomic E-state index is 8.77. The summed E-state index contributed by atoms with van der Waals surface area (Å²) in [6.45, 7) is 2.25. The van der Waals surface area contributed by atoms with E-state index in [1.807, 2.05) is 6.07 Å². The number of halogens is 1. The molecule has 0 aliphatic heterocycles. The Morgan fingerprint density at radius 2 is 2.29 bits per heavy atom. The van der Waals surface area contributed by atoms with E-state index in [-0.39, 0.29) is 0 Å². The molecule has 90 valence electrons. The van der Waals surface area contributed by atoms with Crippen LogP contribution < -0.4 is 5.32 Å². The smallest absolute Gasteiger partial charge is 0.0992 e. The second-order valence-electron chi connectivity index (χ2n) is 4.74. The Bertz CT molecular complexity index is 436. The average molecular weight is 249 g/mol. The van der Waals surface area contributed by atoms with E-state index in [1.165, 1.54) is 25.7 Å². The van der Waals surface area contributed by atoms with Gasteiger partial charge in [-0.2, -0.15) is 5.26 Å². The lowest BCUT2D eigenvalue weighted by molar-refractivity contribution is 0.525. The van der Waals surface area contributed by atoms with Gasteiger partial charge in [-0.25, -0.2) is 0 Å². The Hall–Kier alpha value is -1.20. The van der Waals surface area contributed by atoms with E-state index in [2.05, 4.69) is 18.3 Å². The van der Waals surface area contributed by atoms with Gasteiger partial charge >= 0.3 is 0 Å². The van der Waals surface area contributed by atoms with E-state index in [0.29, 0.717) is 16.6 Å². The van der Waals surface area contributed by atoms with Gasteiger partial charge in [0.25, 0.3) is 0 Å². The molecule has 0 radical (unpaired) electrons. The molecule has 0 bridgehead atoms. The fourth-order valence-electron chi connectivity index (χ4n) is 2.50. The van der Waals surface area contributed by atoms with Gasteiger partial charge in [0, 0.05) is 6.04 Å². The lowest BCUT2D eigenvalue weighted by Gasteiger charge is -2.15. The van der Waals surface area contributed by atoms with Crippen LogP contribution >= 0.6 is 11.6 Å². The molecule has 2 unspecified atom stereocenters. The van der Waals surface area contributed by atoms with Crippen LogP contribution in [0, 0.1) is 17.2 Å². The minimum absolute atomic E-state index is 0.533. The minimum atomic E-state index is 0.533. The van der Waals surface area contributed by atoms with Crippen LogP contribution in [0.25, 0.3) is 0 Å². The monoisotopic (exact) mass is 248 g/mol. The van der Waals surface area contributed by atoms with E-state index < -0.39 is 0 Å². The number of hydrogen-bond acceptors (Lipinski definition) is 2. The average Bonchev–Trinajstić information content (AvgIpc) is 2.79. The zero-order valence-corrected chi connectivity index (χ0v) is 10.8. The molecule has 1 fully saturated rings. The first-order chi connectivity index (χ1) is 8.22. The first kappa shape index (κ1) is 12.3. The normalized spacial score (nSPS) is 23.4. The van der Waals surface area contributed by atoms with Crippen molar-refractivity contribution in [2.24, 2.45) is 5.92 Å². The zero-order chi connectivity index (χ0) is 12.3. The minimum Gasteiger partial charge on any atom is -0.381 e. The van der Waals surface area contributed by atoms with Crippen molar-refractivity contribution in [3.63, 3.8) is 0 Å². The van der Waals surface area contributed by atoms with Gasteiger partial charge < -0.3 is 5.32 Å². The van der Waals surface area contributed by atoms with Gasteiger partial charge in [-0.05, 0) is 43.4 Å². The van der Waals surface area contributed by atoms with Crippen LogP contribution in [0.5, 0.6) is 0 Å². The molecule has 1 aromatic rings. The van der Waals surface area contributed by atoms with Gasteiger partial charge in [0.2, 0.25) is 0 Å². The molecular weight excluding hydrogens is 232 g/mol. The Morgan fingerprint density at radius 3 is 2.88 bits per heavy atom. The fourth-order valence-corrected chi connectivity index (χ4v) is 2.73. The van der Waals surface area contributed by atoms with Gasteiger partial charge in [-0.1, -0.05) is 24.9 Å². The summed E-state index contributed by atoms with van der Waals surface area (Å²) in [6, 6.07) is 8.05. The molecule has 2 rings (SSSR count). The summed E-state index contributed by atoms with van der Waals surface area (Å²) in [5.41, 5.74) is 1.56. The van der Waals surface area contributed by atoms with Crippen LogP contribution in [0.1, 0.15) is 38.2 Å². The van der Waals surface area contributed by atoms with Gasteiger partial charge in [-0.3, -0.25) is 0 Å². The van der Waals surface area contributed by atoms with Gasteiger partial charge in [-0.15, -0.1) is 0 Å². The molecule has 1 N–H and O–H groups in total. The number of nitrogens with zero attached hydrogens (tertiary/aromatic N) is 1. The third-order valence-electron chi connectivity index (χ3n) is 3.58. The standard InChI is InChI=1S/C14H17ClN2/c1-2-10-3-5-12(7-10)17-14-6-4-11(9-16)8-13(14)15/h4,6,8,10,12,17H,2-3,5,7H2,1H3. The van der Waals surface area contributed by atoms with Crippen molar-refractivity contribution < 1.29 is 0 Å². The van der Waals surface area contributed by atoms with E-state index >= 15 is 0 Å². The van der Waals surface area contributed by atoms with Crippen molar-refractivity contribution in [3.8, 4) is 6.07 Å². The molecule has 3 heteroatoms. The predicted octanol–water partition coefficient (Wildman–Crippen LogP) is 4.20. The van der Waals surface area contributed by atoms with Crippen LogP contribution in [0.4, 0.5) is 5.69 Å². The fraction of sp³-hybridized carbons (Fsp3) is 0.500. The highest BCUT2D eigenvalue weighted by atomic mass is 35.5. The third-order valence-corrected chi connectivity index (χ3v) is 3.89. The maximum atomic E-state index is 8.77. The van der Waals surface area contributed by atoms with E-state index in [1.54, 1.807) is 12.1 Å².